The molecular formula is C25H35N3O3S. The molecule has 0 unspecified atom stereocenters. The SMILES string of the molecule is CCOC(CCN(Cc1ccccc1)C(=S)NCCC(=O)NCc1ccccc1)OCC. The van der Waals surface area contributed by atoms with Crippen molar-refractivity contribution in [2.45, 2.75) is 46.1 Å². The third-order valence-electron chi connectivity index (χ3n) is 4.80. The van der Waals surface area contributed by atoms with Gasteiger partial charge in [-0.2, -0.15) is 0 Å². The highest BCUT2D eigenvalue weighted by molar-refractivity contribution is 7.80. The molecule has 0 saturated heterocycles. The summed E-state index contributed by atoms with van der Waals surface area (Å²) in [6.07, 6.45) is 0.801. The Bertz CT molecular complexity index is 784. The fourth-order valence-electron chi connectivity index (χ4n) is 3.18. The van der Waals surface area contributed by atoms with Crippen LogP contribution in [0.4, 0.5) is 0 Å². The lowest BCUT2D eigenvalue weighted by Gasteiger charge is -2.28. The smallest absolute Gasteiger partial charge is 0.222 e. The number of benzene rings is 2. The maximum absolute atomic E-state index is 12.2. The highest BCUT2D eigenvalue weighted by Gasteiger charge is 2.15. The van der Waals surface area contributed by atoms with Crippen molar-refractivity contribution in [1.82, 2.24) is 15.5 Å². The van der Waals surface area contributed by atoms with Gasteiger partial charge in [0.2, 0.25) is 5.91 Å². The van der Waals surface area contributed by atoms with Crippen LogP contribution in [0.15, 0.2) is 60.7 Å². The fraction of sp³-hybridized carbons (Fsp3) is 0.440. The van der Waals surface area contributed by atoms with Crippen LogP contribution in [0.25, 0.3) is 0 Å². The minimum Gasteiger partial charge on any atom is -0.362 e. The average molecular weight is 458 g/mol. The highest BCUT2D eigenvalue weighted by Crippen LogP contribution is 2.09. The van der Waals surface area contributed by atoms with Gasteiger partial charge in [-0.05, 0) is 37.2 Å². The van der Waals surface area contributed by atoms with Crippen LogP contribution in [0.5, 0.6) is 0 Å². The summed E-state index contributed by atoms with van der Waals surface area (Å²) < 4.78 is 11.3. The van der Waals surface area contributed by atoms with E-state index < -0.39 is 0 Å². The molecule has 0 fully saturated rings. The van der Waals surface area contributed by atoms with Gasteiger partial charge in [-0.15, -0.1) is 0 Å². The number of hydrogen-bond donors (Lipinski definition) is 2. The Balaban J connectivity index is 1.83. The number of rotatable bonds is 14. The Morgan fingerprint density at radius 3 is 2.12 bits per heavy atom. The van der Waals surface area contributed by atoms with Crippen molar-refractivity contribution in [3.8, 4) is 0 Å². The van der Waals surface area contributed by atoms with Crippen molar-refractivity contribution in [3.63, 3.8) is 0 Å². The Kier molecular flexibility index (Phi) is 12.4. The van der Waals surface area contributed by atoms with E-state index in [-0.39, 0.29) is 12.2 Å². The van der Waals surface area contributed by atoms with Crippen LogP contribution in [-0.4, -0.2) is 48.5 Å². The molecule has 0 saturated carbocycles. The van der Waals surface area contributed by atoms with E-state index in [1.54, 1.807) is 0 Å². The first-order valence-corrected chi connectivity index (χ1v) is 11.6. The second-order valence-corrected chi connectivity index (χ2v) is 7.67. The summed E-state index contributed by atoms with van der Waals surface area (Å²) in [5.41, 5.74) is 2.25. The molecule has 0 spiro atoms. The van der Waals surface area contributed by atoms with Gasteiger partial charge in [0.15, 0.2) is 11.4 Å². The summed E-state index contributed by atoms with van der Waals surface area (Å²) in [4.78, 5) is 14.3. The van der Waals surface area contributed by atoms with Crippen LogP contribution in [0.1, 0.15) is 37.8 Å². The van der Waals surface area contributed by atoms with Crippen molar-refractivity contribution >= 4 is 23.2 Å². The van der Waals surface area contributed by atoms with E-state index >= 15 is 0 Å². The molecule has 0 heterocycles. The Labute approximate surface area is 197 Å². The highest BCUT2D eigenvalue weighted by atomic mass is 32.1. The zero-order chi connectivity index (χ0) is 23.0. The van der Waals surface area contributed by atoms with Crippen molar-refractivity contribution in [2.75, 3.05) is 26.3 Å². The second-order valence-electron chi connectivity index (χ2n) is 7.28. The van der Waals surface area contributed by atoms with Crippen LogP contribution < -0.4 is 10.6 Å². The van der Waals surface area contributed by atoms with E-state index in [1.165, 1.54) is 5.56 Å². The monoisotopic (exact) mass is 457 g/mol. The maximum Gasteiger partial charge on any atom is 0.222 e. The molecule has 1 amide bonds. The average Bonchev–Trinajstić information content (AvgIpc) is 2.81. The molecule has 2 rings (SSSR count). The molecule has 0 aliphatic heterocycles. The van der Waals surface area contributed by atoms with Gasteiger partial charge in [0.1, 0.15) is 0 Å². The molecule has 6 nitrogen and oxygen atoms in total. The molecule has 2 aromatic carbocycles. The first-order valence-electron chi connectivity index (χ1n) is 11.2. The Hall–Kier alpha value is -2.48. The molecule has 0 aromatic heterocycles. The number of carbonyl (C=O) groups is 1. The topological polar surface area (TPSA) is 62.8 Å². The van der Waals surface area contributed by atoms with Crippen LogP contribution in [0, 0.1) is 0 Å². The molecule has 32 heavy (non-hydrogen) atoms. The van der Waals surface area contributed by atoms with Crippen LogP contribution in [-0.2, 0) is 27.4 Å². The van der Waals surface area contributed by atoms with E-state index in [4.69, 9.17) is 21.7 Å². The number of carbonyl (C=O) groups excluding carboxylic acids is 1. The first kappa shape index (κ1) is 25.8. The van der Waals surface area contributed by atoms with Crippen LogP contribution >= 0.6 is 12.2 Å². The van der Waals surface area contributed by atoms with Gasteiger partial charge in [-0.3, -0.25) is 4.79 Å². The lowest BCUT2D eigenvalue weighted by Crippen LogP contribution is -2.42. The molecule has 0 radical (unpaired) electrons. The maximum atomic E-state index is 12.2. The van der Waals surface area contributed by atoms with E-state index in [0.29, 0.717) is 57.3 Å². The van der Waals surface area contributed by atoms with Gasteiger partial charge in [-0.25, -0.2) is 0 Å². The zero-order valence-electron chi connectivity index (χ0n) is 19.1. The number of nitrogens with one attached hydrogen (secondary N) is 2. The normalized spacial score (nSPS) is 10.7. The number of amides is 1. The van der Waals surface area contributed by atoms with E-state index in [9.17, 15) is 4.79 Å². The van der Waals surface area contributed by atoms with Crippen LogP contribution in [0.3, 0.4) is 0 Å². The van der Waals surface area contributed by atoms with Crippen LogP contribution in [0.2, 0.25) is 0 Å². The first-order chi connectivity index (χ1) is 15.6. The summed E-state index contributed by atoms with van der Waals surface area (Å²) in [5.74, 6) is -0.00785. The third-order valence-corrected chi connectivity index (χ3v) is 5.21. The van der Waals surface area contributed by atoms with Crippen molar-refractivity contribution in [3.05, 3.63) is 71.8 Å². The predicted molar refractivity (Wildman–Crippen MR) is 132 cm³/mol. The summed E-state index contributed by atoms with van der Waals surface area (Å²) >= 11 is 5.65. The van der Waals surface area contributed by atoms with Gasteiger partial charge >= 0.3 is 0 Å². The van der Waals surface area contributed by atoms with Gasteiger partial charge in [0.05, 0.1) is 0 Å². The molecule has 0 aliphatic carbocycles. The van der Waals surface area contributed by atoms with Crippen molar-refractivity contribution in [2.24, 2.45) is 0 Å². The zero-order valence-corrected chi connectivity index (χ0v) is 19.9. The minimum atomic E-state index is -0.255. The van der Waals surface area contributed by atoms with Gasteiger partial charge < -0.3 is 25.0 Å². The quantitative estimate of drug-likeness (QED) is 0.332. The van der Waals surface area contributed by atoms with Gasteiger partial charge in [-0.1, -0.05) is 60.7 Å². The molecular weight excluding hydrogens is 422 g/mol. The third kappa shape index (κ3) is 10.2. The Morgan fingerprint density at radius 2 is 1.53 bits per heavy atom. The lowest BCUT2D eigenvalue weighted by atomic mass is 10.2. The number of thiocarbonyl (C=S) groups is 1. The summed E-state index contributed by atoms with van der Waals surface area (Å²) in [6, 6.07) is 20.1. The number of hydrogen-bond acceptors (Lipinski definition) is 4. The summed E-state index contributed by atoms with van der Waals surface area (Å²) in [6.45, 7) is 7.49. The minimum absolute atomic E-state index is 0.00785. The number of nitrogens with zero attached hydrogens (tertiary/aromatic N) is 1. The fourth-order valence-corrected chi connectivity index (χ4v) is 3.44. The molecule has 0 atom stereocenters. The largest absolute Gasteiger partial charge is 0.362 e. The Morgan fingerprint density at radius 1 is 0.938 bits per heavy atom. The summed E-state index contributed by atoms with van der Waals surface area (Å²) in [7, 11) is 0. The number of ether oxygens (including phenoxy) is 2. The van der Waals surface area contributed by atoms with E-state index in [2.05, 4.69) is 27.7 Å². The predicted octanol–water partition coefficient (Wildman–Crippen LogP) is 3.86. The standard InChI is InChI=1S/C25H35N3O3S/c1-3-30-24(31-4-2)16-18-28(20-22-13-9-6-10-14-22)25(32)26-17-15-23(29)27-19-21-11-7-5-8-12-21/h5-14,24H,3-4,15-20H2,1-2H3,(H,26,32)(H,27,29). The molecule has 0 aliphatic rings. The van der Waals surface area contributed by atoms with Crippen molar-refractivity contribution < 1.29 is 14.3 Å². The molecule has 2 aromatic rings. The van der Waals surface area contributed by atoms with Gasteiger partial charge in [0.25, 0.3) is 0 Å². The molecule has 2 N–H and O–H groups in total. The summed E-state index contributed by atoms with van der Waals surface area (Å²) in [5, 5.41) is 6.80. The van der Waals surface area contributed by atoms with Gasteiger partial charge in [0, 0.05) is 52.2 Å². The van der Waals surface area contributed by atoms with Crippen molar-refractivity contribution in [1.29, 1.82) is 0 Å². The molecule has 174 valence electrons. The lowest BCUT2D eigenvalue weighted by molar-refractivity contribution is -0.140. The second kappa shape index (κ2) is 15.3. The molecule has 7 heteroatoms. The molecule has 0 bridgehead atoms. The van der Waals surface area contributed by atoms with E-state index in [0.717, 1.165) is 5.56 Å². The van der Waals surface area contributed by atoms with E-state index in [1.807, 2.05) is 62.4 Å².